The second-order valence-corrected chi connectivity index (χ2v) is 9.03. The zero-order valence-electron chi connectivity index (χ0n) is 18.9. The number of benzene rings is 2. The van der Waals surface area contributed by atoms with Crippen LogP contribution in [0.25, 0.3) is 0 Å². The fourth-order valence-corrected chi connectivity index (χ4v) is 4.74. The van der Waals surface area contributed by atoms with Crippen LogP contribution in [0.4, 0.5) is 10.1 Å². The van der Waals surface area contributed by atoms with E-state index in [9.17, 15) is 24.3 Å². The van der Waals surface area contributed by atoms with Gasteiger partial charge in [-0.3, -0.25) is 14.4 Å². The summed E-state index contributed by atoms with van der Waals surface area (Å²) in [7, 11) is 0. The van der Waals surface area contributed by atoms with Crippen LogP contribution in [0.5, 0.6) is 0 Å². The molecule has 0 spiro atoms. The van der Waals surface area contributed by atoms with Gasteiger partial charge in [-0.1, -0.05) is 29.8 Å². The van der Waals surface area contributed by atoms with Gasteiger partial charge in [0.1, 0.15) is 5.82 Å². The molecule has 0 saturated heterocycles. The molecule has 1 N–H and O–H groups in total. The number of aliphatic carboxylic acids is 1. The number of hydrogen-bond donors (Lipinski definition) is 1. The zero-order chi connectivity index (χ0) is 25.5. The molecule has 0 heterocycles. The van der Waals surface area contributed by atoms with Gasteiger partial charge < -0.3 is 9.84 Å². The van der Waals surface area contributed by atoms with Crippen LogP contribution in [0.1, 0.15) is 43.0 Å². The van der Waals surface area contributed by atoms with Crippen molar-refractivity contribution in [3.63, 3.8) is 0 Å². The number of hydrogen-bond acceptors (Lipinski definition) is 6. The molecule has 184 valence electrons. The van der Waals surface area contributed by atoms with Crippen molar-refractivity contribution >= 4 is 52.8 Å². The second-order valence-electron chi connectivity index (χ2n) is 7.61. The number of rotatable bonds is 8. The maximum absolute atomic E-state index is 15.2. The maximum Gasteiger partial charge on any atom is 0.332 e. The largest absolute Gasteiger partial charge is 0.478 e. The van der Waals surface area contributed by atoms with Crippen molar-refractivity contribution in [2.45, 2.75) is 37.5 Å². The minimum Gasteiger partial charge on any atom is -0.478 e. The van der Waals surface area contributed by atoms with Crippen LogP contribution in [0.2, 0.25) is 5.02 Å². The van der Waals surface area contributed by atoms with Crippen LogP contribution in [-0.4, -0.2) is 41.2 Å². The first-order chi connectivity index (χ1) is 16.7. The molecule has 2 aromatic rings. The Morgan fingerprint density at radius 1 is 1.06 bits per heavy atom. The number of carboxylic acids is 1. The highest BCUT2D eigenvalue weighted by Crippen LogP contribution is 2.36. The van der Waals surface area contributed by atoms with E-state index < -0.39 is 29.6 Å². The van der Waals surface area contributed by atoms with Gasteiger partial charge in [0, 0.05) is 21.6 Å². The maximum atomic E-state index is 15.2. The van der Waals surface area contributed by atoms with Crippen molar-refractivity contribution < 1.29 is 33.4 Å². The average Bonchev–Trinajstić information content (AvgIpc) is 2.85. The smallest absolute Gasteiger partial charge is 0.332 e. The molecule has 0 aromatic heterocycles. The number of carbonyl (C=O) groups is 4. The van der Waals surface area contributed by atoms with E-state index >= 15 is 4.39 Å². The monoisotopic (exact) mass is 519 g/mol. The minimum atomic E-state index is -1.25. The summed E-state index contributed by atoms with van der Waals surface area (Å²) in [6.07, 6.45) is 1.48. The molecule has 7 nitrogen and oxygen atoms in total. The number of carbonyl (C=O) groups excluding carboxylic acids is 3. The Labute approximate surface area is 210 Å². The summed E-state index contributed by atoms with van der Waals surface area (Å²) in [5, 5.41) is 9.60. The first-order valence-corrected chi connectivity index (χ1v) is 12.3. The van der Waals surface area contributed by atoms with Crippen LogP contribution in [0.15, 0.2) is 58.5 Å². The van der Waals surface area contributed by atoms with Gasteiger partial charge in [-0.25, -0.2) is 14.1 Å². The summed E-state index contributed by atoms with van der Waals surface area (Å²) in [5.41, 5.74) is -0.395. The van der Waals surface area contributed by atoms with E-state index in [0.29, 0.717) is 17.7 Å². The Bertz CT molecular complexity index is 1180. The molecule has 0 unspecified atom stereocenters. The normalized spacial score (nSPS) is 13.3. The molecule has 2 amide bonds. The van der Waals surface area contributed by atoms with E-state index in [4.69, 9.17) is 16.3 Å². The molecule has 0 fully saturated rings. The minimum absolute atomic E-state index is 0.0109. The van der Waals surface area contributed by atoms with Crippen LogP contribution >= 0.6 is 23.4 Å². The summed E-state index contributed by atoms with van der Waals surface area (Å²) in [5.74, 6) is -4.54. The van der Waals surface area contributed by atoms with Crippen LogP contribution in [0, 0.1) is 5.82 Å². The number of carboxylic acid groups (broad SMARTS) is 1. The van der Waals surface area contributed by atoms with Crippen molar-refractivity contribution in [1.82, 2.24) is 0 Å². The number of thioether (sulfide) groups is 1. The first kappa shape index (κ1) is 26.4. The molecule has 0 atom stereocenters. The van der Waals surface area contributed by atoms with E-state index in [0.717, 1.165) is 17.8 Å². The molecular weight excluding hydrogens is 497 g/mol. The van der Waals surface area contributed by atoms with Gasteiger partial charge in [0.2, 0.25) is 0 Å². The molecule has 0 saturated carbocycles. The number of anilines is 1. The lowest BCUT2D eigenvalue weighted by Gasteiger charge is -2.26. The molecule has 0 radical (unpaired) electrons. The standard InChI is InChI=1S/C25H23ClFNO6S/c1-2-34-22(29)14-35-21-13-20(19(27)12-18(21)26)28(23(30)15-8-4-3-5-9-15)24(31)16-10-6-7-11-17(16)25(32)33/h3-5,8-9,12-13H,2,6-7,10-11,14H2,1H3,(H,32,33). The van der Waals surface area contributed by atoms with E-state index in [1.165, 1.54) is 18.2 Å². The third kappa shape index (κ3) is 6.29. The topological polar surface area (TPSA) is 101 Å². The van der Waals surface area contributed by atoms with Crippen molar-refractivity contribution in [1.29, 1.82) is 0 Å². The Hall–Kier alpha value is -3.17. The Balaban J connectivity index is 2.11. The molecular formula is C25H23ClFNO6S. The fourth-order valence-electron chi connectivity index (χ4n) is 3.67. The predicted octanol–water partition coefficient (Wildman–Crippen LogP) is 5.26. The highest BCUT2D eigenvalue weighted by molar-refractivity contribution is 8.00. The lowest BCUT2D eigenvalue weighted by Crippen LogP contribution is -2.40. The van der Waals surface area contributed by atoms with Gasteiger partial charge in [-0.05, 0) is 56.9 Å². The van der Waals surface area contributed by atoms with Crippen LogP contribution in [-0.2, 0) is 19.1 Å². The van der Waals surface area contributed by atoms with E-state index in [1.807, 2.05) is 0 Å². The number of esters is 1. The third-order valence-electron chi connectivity index (χ3n) is 5.30. The number of nitrogens with zero attached hydrogens (tertiary/aromatic N) is 1. The van der Waals surface area contributed by atoms with Crippen molar-refractivity contribution in [2.75, 3.05) is 17.3 Å². The van der Waals surface area contributed by atoms with Crippen LogP contribution in [0.3, 0.4) is 0 Å². The highest BCUT2D eigenvalue weighted by Gasteiger charge is 2.34. The summed E-state index contributed by atoms with van der Waals surface area (Å²) in [6, 6.07) is 9.98. The number of ether oxygens (including phenoxy) is 1. The first-order valence-electron chi connectivity index (χ1n) is 10.9. The molecule has 0 aliphatic heterocycles. The second kappa shape index (κ2) is 12.0. The van der Waals surface area contributed by atoms with Crippen molar-refractivity contribution in [3.05, 3.63) is 70.0 Å². The summed E-state index contributed by atoms with van der Waals surface area (Å²) < 4.78 is 20.1. The van der Waals surface area contributed by atoms with E-state index in [1.54, 1.807) is 25.1 Å². The SMILES string of the molecule is CCOC(=O)CSc1cc(N(C(=O)C2=C(C(=O)O)CCCC2)C(=O)c2ccccc2)c(F)cc1Cl. The predicted molar refractivity (Wildman–Crippen MR) is 130 cm³/mol. The van der Waals surface area contributed by atoms with Gasteiger partial charge in [-0.15, -0.1) is 11.8 Å². The van der Waals surface area contributed by atoms with Crippen molar-refractivity contribution in [3.8, 4) is 0 Å². The average molecular weight is 520 g/mol. The lowest BCUT2D eigenvalue weighted by atomic mass is 9.90. The quantitative estimate of drug-likeness (QED) is 0.288. The molecule has 2 aromatic carbocycles. The van der Waals surface area contributed by atoms with Gasteiger partial charge >= 0.3 is 11.9 Å². The van der Waals surface area contributed by atoms with Crippen LogP contribution < -0.4 is 4.90 Å². The molecule has 1 aliphatic carbocycles. The third-order valence-corrected chi connectivity index (χ3v) is 6.76. The summed E-state index contributed by atoms with van der Waals surface area (Å²) in [6.45, 7) is 1.85. The van der Waals surface area contributed by atoms with Gasteiger partial charge in [0.15, 0.2) is 0 Å². The number of amides is 2. The number of imide groups is 1. The number of halogens is 2. The Morgan fingerprint density at radius 2 is 1.71 bits per heavy atom. The molecule has 35 heavy (non-hydrogen) atoms. The van der Waals surface area contributed by atoms with Gasteiger partial charge in [-0.2, -0.15) is 0 Å². The van der Waals surface area contributed by atoms with Gasteiger partial charge in [0.25, 0.3) is 11.8 Å². The molecule has 0 bridgehead atoms. The molecule has 10 heteroatoms. The Kier molecular flexibility index (Phi) is 9.06. The fraction of sp³-hybridized carbons (Fsp3) is 0.280. The molecule has 1 aliphatic rings. The van der Waals surface area contributed by atoms with Gasteiger partial charge in [0.05, 0.1) is 23.1 Å². The van der Waals surface area contributed by atoms with Crippen molar-refractivity contribution in [2.24, 2.45) is 0 Å². The van der Waals surface area contributed by atoms with E-state index in [-0.39, 0.29) is 57.5 Å². The summed E-state index contributed by atoms with van der Waals surface area (Å²) >= 11 is 7.14. The molecule has 3 rings (SSSR count). The highest BCUT2D eigenvalue weighted by atomic mass is 35.5. The Morgan fingerprint density at radius 3 is 2.34 bits per heavy atom. The van der Waals surface area contributed by atoms with E-state index in [2.05, 4.69) is 0 Å². The zero-order valence-corrected chi connectivity index (χ0v) is 20.5. The summed E-state index contributed by atoms with van der Waals surface area (Å²) in [4.78, 5) is 51.6. The lowest BCUT2D eigenvalue weighted by molar-refractivity contribution is -0.140.